The first-order valence-electron chi connectivity index (χ1n) is 10.3. The monoisotopic (exact) mass is 443 g/mol. The van der Waals surface area contributed by atoms with Crippen molar-refractivity contribution in [3.05, 3.63) is 70.5 Å². The first-order valence-corrected chi connectivity index (χ1v) is 10.7. The molecule has 3 aromatic rings. The van der Waals surface area contributed by atoms with Crippen molar-refractivity contribution in [2.45, 2.75) is 26.6 Å². The fourth-order valence-electron chi connectivity index (χ4n) is 3.17. The van der Waals surface area contributed by atoms with Crippen LogP contribution in [0, 0.1) is 17.5 Å². The molecule has 0 N–H and O–H groups in total. The number of halogens is 1. The Bertz CT molecular complexity index is 1060. The fourth-order valence-corrected chi connectivity index (χ4v) is 3.47. The minimum absolute atomic E-state index is 0.0305. The largest absolute Gasteiger partial charge is 0.492 e. The molecule has 0 saturated heterocycles. The summed E-state index contributed by atoms with van der Waals surface area (Å²) in [6.45, 7) is 5.92. The van der Waals surface area contributed by atoms with Gasteiger partial charge in [0.2, 0.25) is 4.77 Å². The minimum atomic E-state index is -0.279. The Hall–Kier alpha value is -2.55. The Morgan fingerprint density at radius 3 is 2.48 bits per heavy atom. The highest BCUT2D eigenvalue weighted by Crippen LogP contribution is 2.21. The van der Waals surface area contributed by atoms with Gasteiger partial charge in [-0.3, -0.25) is 14.4 Å². The summed E-state index contributed by atoms with van der Waals surface area (Å²) in [6, 6.07) is 14.4. The highest BCUT2D eigenvalue weighted by Gasteiger charge is 2.20. The summed E-state index contributed by atoms with van der Waals surface area (Å²) in [4.78, 5) is 4.18. The molecule has 0 aliphatic rings. The Kier molecular flexibility index (Phi) is 7.59. The van der Waals surface area contributed by atoms with Gasteiger partial charge in [0.25, 0.3) is 0 Å². The van der Waals surface area contributed by atoms with E-state index in [2.05, 4.69) is 16.7 Å². The third-order valence-electron chi connectivity index (χ3n) is 5.20. The van der Waals surface area contributed by atoms with E-state index in [1.165, 1.54) is 17.7 Å². The summed E-state index contributed by atoms with van der Waals surface area (Å²) >= 11 is 5.75. The molecule has 0 radical (unpaired) electrons. The second-order valence-electron chi connectivity index (χ2n) is 7.98. The quantitative estimate of drug-likeness (QED) is 0.457. The molecule has 0 bridgehead atoms. The molecule has 0 saturated carbocycles. The van der Waals surface area contributed by atoms with Gasteiger partial charge in [-0.2, -0.15) is 5.10 Å². The number of nitrogens with zero attached hydrogens (tertiary/aromatic N) is 5. The number of rotatable bonds is 9. The Morgan fingerprint density at radius 2 is 1.84 bits per heavy atom. The van der Waals surface area contributed by atoms with Gasteiger partial charge in [0.15, 0.2) is 5.82 Å². The summed E-state index contributed by atoms with van der Waals surface area (Å²) in [6.07, 6.45) is 0. The van der Waals surface area contributed by atoms with Crippen molar-refractivity contribution in [3.8, 4) is 11.4 Å². The maximum Gasteiger partial charge on any atom is 0.203 e. The van der Waals surface area contributed by atoms with Crippen LogP contribution in [-0.2, 0) is 6.67 Å². The van der Waals surface area contributed by atoms with Gasteiger partial charge in [0.1, 0.15) is 18.2 Å². The molecule has 6 nitrogen and oxygen atoms in total. The molecule has 0 fully saturated rings. The Morgan fingerprint density at radius 1 is 1.13 bits per heavy atom. The van der Waals surface area contributed by atoms with Crippen LogP contribution in [0.4, 0.5) is 4.39 Å². The highest BCUT2D eigenvalue weighted by atomic mass is 32.1. The standard InChI is InChI=1S/C23H30FN5OS/c1-17-7-6-8-21(15-17)30-14-13-27(5)16-28-23(31)29(20-11-9-19(24)10-12-20)22(25-28)18(2)26(3)4/h6-12,15,18H,13-14,16H2,1-5H3. The van der Waals surface area contributed by atoms with Crippen molar-refractivity contribution in [1.82, 2.24) is 24.1 Å². The van der Waals surface area contributed by atoms with E-state index in [-0.39, 0.29) is 11.9 Å². The third-order valence-corrected chi connectivity index (χ3v) is 5.60. The lowest BCUT2D eigenvalue weighted by Gasteiger charge is -2.19. The zero-order chi connectivity index (χ0) is 22.5. The van der Waals surface area contributed by atoms with Gasteiger partial charge in [0, 0.05) is 12.2 Å². The first-order chi connectivity index (χ1) is 14.8. The smallest absolute Gasteiger partial charge is 0.203 e. The third kappa shape index (κ3) is 5.78. The normalized spacial score (nSPS) is 12.5. The molecule has 0 amide bonds. The summed E-state index contributed by atoms with van der Waals surface area (Å²) in [5.74, 6) is 1.40. The number of likely N-dealkylation sites (N-methyl/N-ethyl adjacent to an activating group) is 1. The van der Waals surface area contributed by atoms with Crippen molar-refractivity contribution >= 4 is 12.2 Å². The average Bonchev–Trinajstić information content (AvgIpc) is 3.04. The van der Waals surface area contributed by atoms with E-state index < -0.39 is 0 Å². The maximum atomic E-state index is 13.4. The van der Waals surface area contributed by atoms with E-state index in [0.29, 0.717) is 18.0 Å². The SMILES string of the molecule is Cc1cccc(OCCN(C)Cn2nc(C(C)N(C)C)n(-c3ccc(F)cc3)c2=S)c1. The number of benzene rings is 2. The van der Waals surface area contributed by atoms with E-state index in [9.17, 15) is 4.39 Å². The highest BCUT2D eigenvalue weighted by molar-refractivity contribution is 7.71. The van der Waals surface area contributed by atoms with Crippen LogP contribution in [0.1, 0.15) is 24.4 Å². The van der Waals surface area contributed by atoms with Gasteiger partial charge in [-0.05, 0) is 89.2 Å². The van der Waals surface area contributed by atoms with Crippen LogP contribution in [0.2, 0.25) is 0 Å². The van der Waals surface area contributed by atoms with E-state index in [1.807, 2.05) is 56.9 Å². The molecule has 0 aliphatic carbocycles. The number of aromatic nitrogens is 3. The van der Waals surface area contributed by atoms with Crippen LogP contribution in [0.5, 0.6) is 5.75 Å². The second kappa shape index (κ2) is 10.2. The lowest BCUT2D eigenvalue weighted by Crippen LogP contribution is -2.27. The summed E-state index contributed by atoms with van der Waals surface area (Å²) in [5, 5.41) is 4.81. The molecule has 1 aromatic heterocycles. The van der Waals surface area contributed by atoms with Gasteiger partial charge < -0.3 is 4.74 Å². The molecule has 1 unspecified atom stereocenters. The van der Waals surface area contributed by atoms with Crippen molar-refractivity contribution in [3.63, 3.8) is 0 Å². The summed E-state index contributed by atoms with van der Waals surface area (Å²) < 4.78 is 23.6. The van der Waals surface area contributed by atoms with E-state index >= 15 is 0 Å². The molecular weight excluding hydrogens is 413 g/mol. The van der Waals surface area contributed by atoms with Crippen LogP contribution in [0.15, 0.2) is 48.5 Å². The Balaban J connectivity index is 1.76. The predicted molar refractivity (Wildman–Crippen MR) is 124 cm³/mol. The first kappa shape index (κ1) is 23.1. The Labute approximate surface area is 188 Å². The number of hydrogen-bond acceptors (Lipinski definition) is 5. The molecule has 1 atom stereocenters. The van der Waals surface area contributed by atoms with Gasteiger partial charge in [-0.15, -0.1) is 0 Å². The second-order valence-corrected chi connectivity index (χ2v) is 8.34. The van der Waals surface area contributed by atoms with Crippen molar-refractivity contribution < 1.29 is 9.13 Å². The zero-order valence-corrected chi connectivity index (χ0v) is 19.6. The van der Waals surface area contributed by atoms with Gasteiger partial charge in [-0.25, -0.2) is 9.07 Å². The van der Waals surface area contributed by atoms with Crippen LogP contribution < -0.4 is 4.74 Å². The van der Waals surface area contributed by atoms with Gasteiger partial charge in [0.05, 0.1) is 12.7 Å². The van der Waals surface area contributed by atoms with Gasteiger partial charge >= 0.3 is 0 Å². The van der Waals surface area contributed by atoms with Crippen LogP contribution in [0.3, 0.4) is 0 Å². The van der Waals surface area contributed by atoms with Crippen LogP contribution >= 0.6 is 12.2 Å². The molecular formula is C23H30FN5OS. The predicted octanol–water partition coefficient (Wildman–Crippen LogP) is 4.44. The number of hydrogen-bond donors (Lipinski definition) is 0. The maximum absolute atomic E-state index is 13.4. The lowest BCUT2D eigenvalue weighted by molar-refractivity contribution is 0.197. The van der Waals surface area contributed by atoms with Crippen molar-refractivity contribution in [1.29, 1.82) is 0 Å². The van der Waals surface area contributed by atoms with Crippen LogP contribution in [0.25, 0.3) is 5.69 Å². The lowest BCUT2D eigenvalue weighted by atomic mass is 10.2. The average molecular weight is 444 g/mol. The minimum Gasteiger partial charge on any atom is -0.492 e. The summed E-state index contributed by atoms with van der Waals surface area (Å²) in [5.41, 5.74) is 1.97. The number of aryl methyl sites for hydroxylation is 1. The van der Waals surface area contributed by atoms with E-state index in [0.717, 1.165) is 23.8 Å². The summed E-state index contributed by atoms with van der Waals surface area (Å²) in [7, 11) is 6.00. The number of ether oxygens (including phenoxy) is 1. The molecule has 2 aromatic carbocycles. The van der Waals surface area contributed by atoms with Gasteiger partial charge in [-0.1, -0.05) is 12.1 Å². The van der Waals surface area contributed by atoms with E-state index in [1.54, 1.807) is 16.8 Å². The topological polar surface area (TPSA) is 38.5 Å². The van der Waals surface area contributed by atoms with Crippen LogP contribution in [-0.4, -0.2) is 58.4 Å². The molecule has 1 heterocycles. The van der Waals surface area contributed by atoms with E-state index in [4.69, 9.17) is 22.1 Å². The zero-order valence-electron chi connectivity index (χ0n) is 18.7. The molecule has 31 heavy (non-hydrogen) atoms. The molecule has 0 spiro atoms. The van der Waals surface area contributed by atoms with Crippen molar-refractivity contribution in [2.75, 3.05) is 34.3 Å². The molecule has 0 aliphatic heterocycles. The molecule has 3 rings (SSSR count). The fraction of sp³-hybridized carbons (Fsp3) is 0.391. The molecule has 8 heteroatoms. The molecule has 166 valence electrons. The van der Waals surface area contributed by atoms with Crippen molar-refractivity contribution in [2.24, 2.45) is 0 Å².